The van der Waals surface area contributed by atoms with Crippen LogP contribution in [-0.4, -0.2) is 12.6 Å². The van der Waals surface area contributed by atoms with E-state index in [1.54, 1.807) is 3.88 Å². The van der Waals surface area contributed by atoms with Gasteiger partial charge in [-0.25, -0.2) is 0 Å². The van der Waals surface area contributed by atoms with Crippen LogP contribution < -0.4 is 28.6 Å². The van der Waals surface area contributed by atoms with Gasteiger partial charge in [0.05, 0.1) is 0 Å². The van der Waals surface area contributed by atoms with Gasteiger partial charge in [-0.2, -0.15) is 0 Å². The SMILES string of the molecule is CCCCCC(=O)[NH][Ti+2]([C]1=CC=CC1)[SiH](C)C.[Cl-].[Cl-]. The summed E-state index contributed by atoms with van der Waals surface area (Å²) in [5.74, 6) is 0.308. The van der Waals surface area contributed by atoms with Crippen LogP contribution in [0.15, 0.2) is 22.1 Å². The van der Waals surface area contributed by atoms with E-state index in [-0.39, 0.29) is 24.8 Å². The molecule has 0 aliphatic heterocycles. The molecule has 6 heteroatoms. The van der Waals surface area contributed by atoms with Crippen molar-refractivity contribution in [2.75, 3.05) is 0 Å². The third kappa shape index (κ3) is 8.36. The Hall–Kier alpha value is 0.461. The van der Waals surface area contributed by atoms with Gasteiger partial charge in [-0.1, -0.05) is 0 Å². The fraction of sp³-hybridized carbons (Fsp3) is 0.615. The molecule has 0 heterocycles. The number of carbonyl (C=O) groups excluding carboxylic acids is 1. The van der Waals surface area contributed by atoms with Gasteiger partial charge in [0.2, 0.25) is 0 Å². The van der Waals surface area contributed by atoms with Crippen molar-refractivity contribution >= 4 is 12.6 Å². The summed E-state index contributed by atoms with van der Waals surface area (Å²) in [7, 11) is 0. The van der Waals surface area contributed by atoms with Crippen molar-refractivity contribution in [1.82, 2.24) is 3.80 Å². The van der Waals surface area contributed by atoms with E-state index < -0.39 is 24.0 Å². The molecule has 0 spiro atoms. The van der Waals surface area contributed by atoms with Crippen molar-refractivity contribution in [1.29, 1.82) is 0 Å². The molecule has 0 bridgehead atoms. The van der Waals surface area contributed by atoms with Crippen LogP contribution in [0, 0.1) is 0 Å². The van der Waals surface area contributed by atoms with Crippen LogP contribution in [0.5, 0.6) is 0 Å². The molecular weight excluding hydrogens is 333 g/mol. The van der Waals surface area contributed by atoms with E-state index in [0.717, 1.165) is 19.3 Å². The van der Waals surface area contributed by atoms with Crippen molar-refractivity contribution in [2.45, 2.75) is 52.1 Å². The van der Waals surface area contributed by atoms with Crippen molar-refractivity contribution in [3.8, 4) is 0 Å². The first kappa shape index (κ1) is 21.8. The number of unbranched alkanes of at least 4 members (excludes halogenated alkanes) is 2. The van der Waals surface area contributed by atoms with Crippen molar-refractivity contribution < 1.29 is 47.0 Å². The average molecular weight is 357 g/mol. The zero-order chi connectivity index (χ0) is 12.7. The van der Waals surface area contributed by atoms with E-state index >= 15 is 0 Å². The third-order valence-electron chi connectivity index (χ3n) is 2.98. The second-order valence-corrected chi connectivity index (χ2v) is 17.7. The maximum Gasteiger partial charge on any atom is -1.00 e. The second kappa shape index (κ2) is 12.2. The van der Waals surface area contributed by atoms with E-state index in [9.17, 15) is 4.79 Å². The van der Waals surface area contributed by atoms with Gasteiger partial charge in [0.1, 0.15) is 0 Å². The molecule has 109 valence electrons. The number of amides is 1. The van der Waals surface area contributed by atoms with Crippen LogP contribution in [0.25, 0.3) is 0 Å². The predicted molar refractivity (Wildman–Crippen MR) is 73.0 cm³/mol. The Kier molecular flexibility index (Phi) is 14.0. The molecule has 0 aromatic rings. The molecule has 0 atom stereocenters. The zero-order valence-corrected chi connectivity index (χ0v) is 16.2. The Morgan fingerprint density at radius 3 is 2.53 bits per heavy atom. The third-order valence-corrected chi connectivity index (χ3v) is 14.2. The van der Waals surface area contributed by atoms with Gasteiger partial charge in [0.25, 0.3) is 0 Å². The van der Waals surface area contributed by atoms with Gasteiger partial charge < -0.3 is 24.8 Å². The van der Waals surface area contributed by atoms with E-state index in [0.29, 0.717) is 5.91 Å². The minimum Gasteiger partial charge on any atom is -1.00 e. The van der Waals surface area contributed by atoms with Gasteiger partial charge in [0.15, 0.2) is 0 Å². The van der Waals surface area contributed by atoms with Crippen molar-refractivity contribution in [3.63, 3.8) is 0 Å². The Bertz CT molecular complexity index is 322. The quantitative estimate of drug-likeness (QED) is 0.383. The smallest absolute Gasteiger partial charge is 1.00 e. The summed E-state index contributed by atoms with van der Waals surface area (Å²) in [6, 6.07) is 0. The number of carbonyl (C=O) groups is 1. The van der Waals surface area contributed by atoms with E-state index in [2.05, 4.69) is 42.0 Å². The molecule has 0 aromatic carbocycles. The second-order valence-electron chi connectivity index (χ2n) is 4.90. The van der Waals surface area contributed by atoms with E-state index in [4.69, 9.17) is 0 Å². The molecule has 0 unspecified atom stereocenters. The molecule has 1 N–H and O–H groups in total. The molecule has 19 heavy (non-hydrogen) atoms. The van der Waals surface area contributed by atoms with Gasteiger partial charge in [-0.15, -0.1) is 0 Å². The standard InChI is InChI=1S/C6H13NO.C5H5.C2H7Si.2ClH.Ti/c1-2-3-4-5-6(7)8;1-2-4-5-3-1;1-3-2;;;/h2-5H2,1H3,(H2,7,8);1-3H,4H2;3H,1-2H3;2*1H;/q;;;;;+3/p-3. The van der Waals surface area contributed by atoms with Gasteiger partial charge in [-0.3, -0.25) is 0 Å². The number of rotatable bonds is 7. The van der Waals surface area contributed by atoms with Crippen LogP contribution in [0.3, 0.4) is 0 Å². The molecule has 1 rings (SSSR count). The fourth-order valence-corrected chi connectivity index (χ4v) is 11.3. The minimum absolute atomic E-state index is 0. The van der Waals surface area contributed by atoms with Gasteiger partial charge in [-0.05, 0) is 0 Å². The van der Waals surface area contributed by atoms with E-state index in [1.165, 1.54) is 12.8 Å². The monoisotopic (exact) mass is 356 g/mol. The first-order valence-electron chi connectivity index (χ1n) is 6.68. The molecule has 0 saturated heterocycles. The average Bonchev–Trinajstić information content (AvgIpc) is 2.79. The molecule has 0 aromatic heterocycles. The minimum atomic E-state index is -1.43. The molecule has 0 radical (unpaired) electrons. The Morgan fingerprint density at radius 1 is 1.37 bits per heavy atom. The Labute approximate surface area is 137 Å². The number of nitrogens with one attached hydrogen (secondary N) is 1. The molecule has 0 saturated carbocycles. The fourth-order valence-electron chi connectivity index (χ4n) is 1.99. The zero-order valence-electron chi connectivity index (χ0n) is 12.0. The summed E-state index contributed by atoms with van der Waals surface area (Å²) in [5.41, 5.74) is 0. The maximum atomic E-state index is 11.9. The molecule has 1 aliphatic carbocycles. The number of halogens is 2. The Morgan fingerprint density at radius 2 is 2.05 bits per heavy atom. The van der Waals surface area contributed by atoms with Crippen LogP contribution in [0.2, 0.25) is 13.1 Å². The Balaban J connectivity index is 0. The first-order valence-corrected chi connectivity index (χ1v) is 13.8. The summed E-state index contributed by atoms with van der Waals surface area (Å²) < 4.78 is 4.96. The summed E-state index contributed by atoms with van der Waals surface area (Å²) in [6.07, 6.45) is 11.8. The molecular formula is C13H24Cl2NOSiTi. The van der Waals surface area contributed by atoms with Gasteiger partial charge >= 0.3 is 113 Å². The van der Waals surface area contributed by atoms with Crippen LogP contribution in [0.4, 0.5) is 0 Å². The topological polar surface area (TPSA) is 29.1 Å². The summed E-state index contributed by atoms with van der Waals surface area (Å²) >= 11 is -1.43. The predicted octanol–water partition coefficient (Wildman–Crippen LogP) is -2.95. The van der Waals surface area contributed by atoms with Crippen molar-refractivity contribution in [2.24, 2.45) is 0 Å². The van der Waals surface area contributed by atoms with Gasteiger partial charge in [0, 0.05) is 0 Å². The molecule has 1 amide bonds. The number of allylic oxidation sites excluding steroid dienone is 4. The number of hydrogen-bond acceptors (Lipinski definition) is 1. The van der Waals surface area contributed by atoms with E-state index in [1.807, 2.05) is 0 Å². The van der Waals surface area contributed by atoms with Crippen LogP contribution >= 0.6 is 0 Å². The largest absolute Gasteiger partial charge is 1.00 e. The molecule has 1 aliphatic rings. The number of hydrogen-bond donors (Lipinski definition) is 1. The normalized spacial score (nSPS) is 12.5. The van der Waals surface area contributed by atoms with Crippen molar-refractivity contribution in [3.05, 3.63) is 22.1 Å². The first-order chi connectivity index (χ1) is 8.15. The summed E-state index contributed by atoms with van der Waals surface area (Å²) in [5, 5.41) is 0. The molecule has 2 nitrogen and oxygen atoms in total. The van der Waals surface area contributed by atoms with Crippen LogP contribution in [-0.2, 0) is 22.2 Å². The summed E-state index contributed by atoms with van der Waals surface area (Å²) in [6.45, 7) is 6.22. The maximum absolute atomic E-state index is 11.9. The summed E-state index contributed by atoms with van der Waals surface area (Å²) in [4.78, 5) is 11.9. The van der Waals surface area contributed by atoms with Crippen LogP contribution in [0.1, 0.15) is 39.0 Å². The molecule has 0 fully saturated rings.